The minimum atomic E-state index is -4.24. The van der Waals surface area contributed by atoms with Gasteiger partial charge >= 0.3 is 12.2 Å². The summed E-state index contributed by atoms with van der Waals surface area (Å²) < 4.78 is 67.5. The normalized spacial score (nSPS) is 14.3. The van der Waals surface area contributed by atoms with Crippen LogP contribution in [0.4, 0.5) is 38.1 Å². The van der Waals surface area contributed by atoms with Gasteiger partial charge in [0.25, 0.3) is 5.91 Å². The van der Waals surface area contributed by atoms with E-state index in [-0.39, 0.29) is 43.5 Å². The first-order valence-electron chi connectivity index (χ1n) is 13.1. The van der Waals surface area contributed by atoms with E-state index in [0.29, 0.717) is 36.9 Å². The summed E-state index contributed by atoms with van der Waals surface area (Å²) >= 11 is 6.16. The number of amides is 3. The fraction of sp³-hybridized carbons (Fsp3) is 0.481. The number of rotatable bonds is 10. The zero-order valence-electron chi connectivity index (χ0n) is 22.7. The molecule has 14 heteroatoms. The highest BCUT2D eigenvalue weighted by Crippen LogP contribution is 2.31. The molecule has 226 valence electrons. The molecule has 3 N–H and O–H groups in total. The van der Waals surface area contributed by atoms with Gasteiger partial charge in [-0.25, -0.2) is 13.6 Å². The summed E-state index contributed by atoms with van der Waals surface area (Å²) in [5.41, 5.74) is 0.0475. The Morgan fingerprint density at radius 3 is 2.37 bits per heavy atom. The maximum atomic E-state index is 15.0. The number of carbonyl (C=O) groups excluding carboxylic acids is 2. The molecule has 3 rings (SSSR count). The van der Waals surface area contributed by atoms with Crippen molar-refractivity contribution >= 4 is 34.9 Å². The van der Waals surface area contributed by atoms with Gasteiger partial charge in [-0.15, -0.1) is 0 Å². The number of hydrogen-bond donors (Lipinski definition) is 3. The van der Waals surface area contributed by atoms with Gasteiger partial charge in [0, 0.05) is 62.4 Å². The zero-order chi connectivity index (χ0) is 30.3. The quantitative estimate of drug-likeness (QED) is 0.337. The summed E-state index contributed by atoms with van der Waals surface area (Å²) in [6.45, 7) is 4.32. The first-order chi connectivity index (χ1) is 19.3. The molecule has 2 aromatic carbocycles. The molecule has 2 aromatic rings. The van der Waals surface area contributed by atoms with Crippen LogP contribution in [0, 0.1) is 11.6 Å². The maximum absolute atomic E-state index is 15.0. The molecule has 41 heavy (non-hydrogen) atoms. The van der Waals surface area contributed by atoms with Gasteiger partial charge in [-0.2, -0.15) is 13.2 Å². The molecule has 0 saturated carbocycles. The van der Waals surface area contributed by atoms with Gasteiger partial charge in [0.05, 0.1) is 30.0 Å². The van der Waals surface area contributed by atoms with Gasteiger partial charge in [0.2, 0.25) is 0 Å². The fourth-order valence-corrected chi connectivity index (χ4v) is 4.60. The van der Waals surface area contributed by atoms with Crippen LogP contribution in [0.2, 0.25) is 5.02 Å². The molecular weight excluding hydrogens is 573 g/mol. The monoisotopic (exact) mass is 605 g/mol. The number of alkyl halides is 3. The number of carbonyl (C=O) groups is 2. The van der Waals surface area contributed by atoms with Crippen molar-refractivity contribution in [3.8, 4) is 0 Å². The van der Waals surface area contributed by atoms with Crippen LogP contribution in [-0.4, -0.2) is 84.9 Å². The molecule has 0 aliphatic carbocycles. The van der Waals surface area contributed by atoms with Gasteiger partial charge in [-0.1, -0.05) is 17.7 Å². The smallest absolute Gasteiger partial charge is 0.390 e. The first kappa shape index (κ1) is 32.4. The van der Waals surface area contributed by atoms with Crippen molar-refractivity contribution in [2.75, 3.05) is 56.1 Å². The molecule has 1 heterocycles. The second-order valence-corrected chi connectivity index (χ2v) is 10.3. The van der Waals surface area contributed by atoms with Crippen LogP contribution in [0.15, 0.2) is 30.3 Å². The third-order valence-electron chi connectivity index (χ3n) is 6.69. The van der Waals surface area contributed by atoms with E-state index in [1.165, 1.54) is 23.1 Å². The van der Waals surface area contributed by atoms with Crippen LogP contribution < -0.4 is 15.5 Å². The summed E-state index contributed by atoms with van der Waals surface area (Å²) in [4.78, 5) is 30.2. The van der Waals surface area contributed by atoms with Crippen molar-refractivity contribution in [3.05, 3.63) is 58.1 Å². The van der Waals surface area contributed by atoms with E-state index in [4.69, 9.17) is 16.7 Å². The van der Waals surface area contributed by atoms with Crippen molar-refractivity contribution < 1.29 is 36.6 Å². The van der Waals surface area contributed by atoms with Crippen molar-refractivity contribution in [2.24, 2.45) is 0 Å². The number of piperazine rings is 1. The number of aliphatic hydroxyl groups is 1. The van der Waals surface area contributed by atoms with Crippen LogP contribution >= 0.6 is 11.6 Å². The number of benzene rings is 2. The molecule has 0 unspecified atom stereocenters. The average Bonchev–Trinajstić information content (AvgIpc) is 2.91. The summed E-state index contributed by atoms with van der Waals surface area (Å²) in [5.74, 6) is -3.60. The molecule has 0 radical (unpaired) electrons. The van der Waals surface area contributed by atoms with Gasteiger partial charge in [-0.3, -0.25) is 9.69 Å². The standard InChI is InChI=1S/C27H33ClF5N5O3/c1-17(2)38(13-14-39)26(41)34-16-18-3-5-20(24(30)23(18)29)25(40)35-21-6-4-19(28)15-22(21)37-11-9-36(10-12-37)8-7-27(31,32)33/h3-6,15,17,39H,7-14,16H2,1-2H3,(H,34,41)(H,35,40). The zero-order valence-corrected chi connectivity index (χ0v) is 23.5. The van der Waals surface area contributed by atoms with Crippen molar-refractivity contribution in [2.45, 2.75) is 39.0 Å². The lowest BCUT2D eigenvalue weighted by Gasteiger charge is -2.37. The Kier molecular flexibility index (Phi) is 11.2. The van der Waals surface area contributed by atoms with E-state index in [2.05, 4.69) is 10.6 Å². The van der Waals surface area contributed by atoms with Crippen molar-refractivity contribution in [3.63, 3.8) is 0 Å². The number of nitrogens with zero attached hydrogens (tertiary/aromatic N) is 3. The Balaban J connectivity index is 1.69. The van der Waals surface area contributed by atoms with Gasteiger partial charge < -0.3 is 25.5 Å². The van der Waals surface area contributed by atoms with E-state index >= 15 is 0 Å². The molecule has 0 spiro atoms. The molecule has 3 amide bonds. The van der Waals surface area contributed by atoms with E-state index in [9.17, 15) is 31.5 Å². The number of nitrogens with one attached hydrogen (secondary N) is 2. The Bertz CT molecular complexity index is 1220. The van der Waals surface area contributed by atoms with Crippen molar-refractivity contribution in [1.29, 1.82) is 0 Å². The largest absolute Gasteiger partial charge is 0.395 e. The minimum Gasteiger partial charge on any atom is -0.395 e. The predicted molar refractivity (Wildman–Crippen MR) is 146 cm³/mol. The Morgan fingerprint density at radius 1 is 1.07 bits per heavy atom. The minimum absolute atomic E-state index is 0.0693. The molecular formula is C27H33ClF5N5O3. The van der Waals surface area contributed by atoms with E-state index < -0.39 is 41.7 Å². The Labute approximate surface area is 240 Å². The molecule has 1 saturated heterocycles. The summed E-state index contributed by atoms with van der Waals surface area (Å²) in [6, 6.07) is 6.12. The number of halogens is 6. The maximum Gasteiger partial charge on any atom is 0.390 e. The van der Waals surface area contributed by atoms with Gasteiger partial charge in [0.15, 0.2) is 11.6 Å². The summed E-state index contributed by atoms with van der Waals surface area (Å²) in [7, 11) is 0. The second kappa shape index (κ2) is 14.1. The average molecular weight is 606 g/mol. The second-order valence-electron chi connectivity index (χ2n) is 9.88. The number of anilines is 2. The topological polar surface area (TPSA) is 88.1 Å². The highest BCUT2D eigenvalue weighted by molar-refractivity contribution is 6.31. The van der Waals surface area contributed by atoms with Crippen LogP contribution in [-0.2, 0) is 6.54 Å². The van der Waals surface area contributed by atoms with E-state index in [1.807, 2.05) is 4.90 Å². The van der Waals surface area contributed by atoms with Gasteiger partial charge in [0.1, 0.15) is 0 Å². The third-order valence-corrected chi connectivity index (χ3v) is 6.93. The lowest BCUT2D eigenvalue weighted by molar-refractivity contribution is -0.138. The van der Waals surface area contributed by atoms with Crippen LogP contribution in [0.3, 0.4) is 0 Å². The Hall–Kier alpha value is -3.16. The number of aliphatic hydroxyl groups excluding tert-OH is 1. The first-order valence-corrected chi connectivity index (χ1v) is 13.5. The molecule has 8 nitrogen and oxygen atoms in total. The van der Waals surface area contributed by atoms with Gasteiger partial charge in [-0.05, 0) is 38.1 Å². The molecule has 1 fully saturated rings. The lowest BCUT2D eigenvalue weighted by atomic mass is 10.1. The SMILES string of the molecule is CC(C)N(CCO)C(=O)NCc1ccc(C(=O)Nc2ccc(Cl)cc2N2CCN(CCC(F)(F)F)CC2)c(F)c1F. The lowest BCUT2D eigenvalue weighted by Crippen LogP contribution is -2.47. The molecule has 0 bridgehead atoms. The summed E-state index contributed by atoms with van der Waals surface area (Å²) in [6.07, 6.45) is -5.14. The highest BCUT2D eigenvalue weighted by Gasteiger charge is 2.29. The van der Waals surface area contributed by atoms with E-state index in [1.54, 1.807) is 24.8 Å². The van der Waals surface area contributed by atoms with E-state index in [0.717, 1.165) is 6.07 Å². The number of hydrogen-bond acceptors (Lipinski definition) is 5. The molecule has 1 aliphatic heterocycles. The number of urea groups is 1. The highest BCUT2D eigenvalue weighted by atomic mass is 35.5. The molecule has 0 aromatic heterocycles. The fourth-order valence-electron chi connectivity index (χ4n) is 4.43. The van der Waals surface area contributed by atoms with Crippen LogP contribution in [0.25, 0.3) is 0 Å². The van der Waals surface area contributed by atoms with Crippen LogP contribution in [0.1, 0.15) is 36.2 Å². The van der Waals surface area contributed by atoms with Crippen LogP contribution in [0.5, 0.6) is 0 Å². The third kappa shape index (κ3) is 8.91. The van der Waals surface area contributed by atoms with Crippen molar-refractivity contribution in [1.82, 2.24) is 15.1 Å². The predicted octanol–water partition coefficient (Wildman–Crippen LogP) is 4.86. The summed E-state index contributed by atoms with van der Waals surface area (Å²) in [5, 5.41) is 14.6. The molecule has 1 aliphatic rings. The molecule has 0 atom stereocenters. The Morgan fingerprint density at radius 2 is 1.76 bits per heavy atom.